The van der Waals surface area contributed by atoms with Crippen LogP contribution in [-0.4, -0.2) is 19.9 Å². The van der Waals surface area contributed by atoms with Crippen molar-refractivity contribution in [1.82, 2.24) is 15.0 Å². The lowest BCUT2D eigenvalue weighted by Gasteiger charge is -2.18. The van der Waals surface area contributed by atoms with E-state index in [1.54, 1.807) is 26.1 Å². The molecule has 2 heterocycles. The number of non-ortho nitro benzene ring substituents is 1. The van der Waals surface area contributed by atoms with Crippen molar-refractivity contribution in [1.29, 1.82) is 0 Å². The van der Waals surface area contributed by atoms with Gasteiger partial charge in [0.05, 0.1) is 21.9 Å². The first-order valence-electron chi connectivity index (χ1n) is 7.97. The van der Waals surface area contributed by atoms with Gasteiger partial charge in [0.2, 0.25) is 0 Å². The molecule has 1 aromatic carbocycles. The van der Waals surface area contributed by atoms with E-state index in [2.05, 4.69) is 36.2 Å². The number of hydrogen-bond donors (Lipinski definition) is 1. The smallest absolute Gasteiger partial charge is 0.363 e. The summed E-state index contributed by atoms with van der Waals surface area (Å²) in [5, 5.41) is 14.6. The lowest BCUT2D eigenvalue weighted by molar-refractivity contribution is -0.385. The van der Waals surface area contributed by atoms with Gasteiger partial charge in [-0.15, -0.1) is 0 Å². The van der Waals surface area contributed by atoms with Crippen LogP contribution in [0.25, 0.3) is 11.0 Å². The number of anilines is 1. The Labute approximate surface area is 165 Å². The molecule has 0 aliphatic heterocycles. The fourth-order valence-corrected chi connectivity index (χ4v) is 2.98. The molecule has 0 radical (unpaired) electrons. The normalized spacial score (nSPS) is 12.8. The number of nitro benzene ring substituents is 1. The second kappa shape index (κ2) is 7.30. The minimum Gasteiger partial charge on any atom is -0.363 e. The number of pyridine rings is 1. The molecule has 0 saturated carbocycles. The predicted molar refractivity (Wildman–Crippen MR) is 99.9 cm³/mol. The zero-order valence-electron chi connectivity index (χ0n) is 14.6. The molecule has 0 aliphatic rings. The summed E-state index contributed by atoms with van der Waals surface area (Å²) in [5.74, 6) is 0.788. The van der Waals surface area contributed by atoms with Gasteiger partial charge >= 0.3 is 6.18 Å². The summed E-state index contributed by atoms with van der Waals surface area (Å²) in [6.07, 6.45) is -3.13. The molecule has 0 fully saturated rings. The van der Waals surface area contributed by atoms with Gasteiger partial charge in [0, 0.05) is 22.8 Å². The minimum absolute atomic E-state index is 0.105. The first-order chi connectivity index (χ1) is 13.0. The Morgan fingerprint density at radius 2 is 1.93 bits per heavy atom. The third-order valence-corrected chi connectivity index (χ3v) is 4.39. The molecule has 1 atom stereocenters. The lowest BCUT2D eigenvalue weighted by atomic mass is 10.0. The lowest BCUT2D eigenvalue weighted by Crippen LogP contribution is -2.13. The van der Waals surface area contributed by atoms with Crippen LogP contribution in [0.2, 0.25) is 0 Å². The molecule has 0 saturated heterocycles. The molecule has 11 heteroatoms. The first-order valence-corrected chi connectivity index (χ1v) is 8.77. The quantitative estimate of drug-likeness (QED) is 0.429. The molecule has 0 spiro atoms. The number of alkyl halides is 3. The fraction of sp³-hybridized carbons (Fsp3) is 0.235. The van der Waals surface area contributed by atoms with Gasteiger partial charge in [-0.25, -0.2) is 15.0 Å². The molecular formula is C17H13BrF3N5O2. The van der Waals surface area contributed by atoms with Gasteiger partial charge in [0.25, 0.3) is 5.69 Å². The van der Waals surface area contributed by atoms with E-state index in [9.17, 15) is 23.3 Å². The van der Waals surface area contributed by atoms with Gasteiger partial charge in [-0.3, -0.25) is 10.1 Å². The zero-order valence-corrected chi connectivity index (χ0v) is 16.2. The summed E-state index contributed by atoms with van der Waals surface area (Å²) in [4.78, 5) is 22.9. The molecule has 2 aromatic heterocycles. The highest BCUT2D eigenvalue weighted by Gasteiger charge is 2.33. The first kappa shape index (κ1) is 19.9. The van der Waals surface area contributed by atoms with Crippen LogP contribution in [-0.2, 0) is 6.18 Å². The van der Waals surface area contributed by atoms with Crippen LogP contribution in [0.15, 0.2) is 34.9 Å². The van der Waals surface area contributed by atoms with Crippen molar-refractivity contribution in [3.63, 3.8) is 0 Å². The average molecular weight is 456 g/mol. The molecule has 7 nitrogen and oxygen atoms in total. The molecule has 28 heavy (non-hydrogen) atoms. The molecule has 3 aromatic rings. The van der Waals surface area contributed by atoms with Crippen molar-refractivity contribution >= 4 is 38.5 Å². The minimum atomic E-state index is -4.70. The van der Waals surface area contributed by atoms with Gasteiger partial charge < -0.3 is 5.32 Å². The molecule has 3 rings (SSSR count). The molecule has 0 bridgehead atoms. The van der Waals surface area contributed by atoms with Crippen LogP contribution in [0.1, 0.15) is 29.9 Å². The highest BCUT2D eigenvalue weighted by molar-refractivity contribution is 9.10. The second-order valence-electron chi connectivity index (χ2n) is 6.08. The summed E-state index contributed by atoms with van der Waals surface area (Å²) < 4.78 is 40.1. The van der Waals surface area contributed by atoms with E-state index >= 15 is 0 Å². The van der Waals surface area contributed by atoms with Gasteiger partial charge in [0.15, 0.2) is 5.65 Å². The Balaban J connectivity index is 2.05. The molecule has 0 aliphatic carbocycles. The van der Waals surface area contributed by atoms with Crippen molar-refractivity contribution in [3.05, 3.63) is 62.0 Å². The maximum atomic E-state index is 13.1. The Morgan fingerprint density at radius 3 is 2.57 bits per heavy atom. The third kappa shape index (κ3) is 4.19. The molecule has 0 amide bonds. The van der Waals surface area contributed by atoms with Gasteiger partial charge in [-0.05, 0) is 47.5 Å². The van der Waals surface area contributed by atoms with E-state index in [4.69, 9.17) is 0 Å². The monoisotopic (exact) mass is 455 g/mol. The number of fused-ring (bicyclic) bond motifs is 1. The number of halogens is 4. The number of nitrogens with zero attached hydrogens (tertiary/aromatic N) is 4. The van der Waals surface area contributed by atoms with Crippen LogP contribution in [0.3, 0.4) is 0 Å². The van der Waals surface area contributed by atoms with E-state index < -0.39 is 28.4 Å². The van der Waals surface area contributed by atoms with Crippen LogP contribution in [0.4, 0.5) is 24.7 Å². The van der Waals surface area contributed by atoms with Gasteiger partial charge in [0.1, 0.15) is 11.6 Å². The van der Waals surface area contributed by atoms with Crippen molar-refractivity contribution in [2.45, 2.75) is 26.1 Å². The van der Waals surface area contributed by atoms with Gasteiger partial charge in [-0.2, -0.15) is 13.2 Å². The zero-order chi connectivity index (χ0) is 20.6. The summed E-state index contributed by atoms with van der Waals surface area (Å²) >= 11 is 3.31. The highest BCUT2D eigenvalue weighted by atomic mass is 79.9. The van der Waals surface area contributed by atoms with E-state index in [1.807, 2.05) is 0 Å². The van der Waals surface area contributed by atoms with E-state index in [-0.39, 0.29) is 5.56 Å². The van der Waals surface area contributed by atoms with Crippen molar-refractivity contribution < 1.29 is 18.1 Å². The Kier molecular flexibility index (Phi) is 5.20. The number of hydrogen-bond acceptors (Lipinski definition) is 6. The number of nitrogens with one attached hydrogen (secondary N) is 1. The SMILES string of the molecule is Cc1nc(N[C@H](C)c2cc([N+](=O)[O-])cc(C(F)(F)F)c2)c2cc(Br)cnc2n1. The number of rotatable bonds is 4. The summed E-state index contributed by atoms with van der Waals surface area (Å²) in [6.45, 7) is 3.25. The standard InChI is InChI=1S/C17H13BrF3N5O2/c1-8(10-3-11(17(19,20)21)5-13(4-10)26(27)28)23-16-14-6-12(18)7-22-15(14)24-9(2)25-16/h3-8H,1-2H3,(H,22,23,24,25)/t8-/m1/s1. The molecule has 146 valence electrons. The topological polar surface area (TPSA) is 93.8 Å². The maximum Gasteiger partial charge on any atom is 0.416 e. The van der Waals surface area contributed by atoms with E-state index in [0.29, 0.717) is 33.2 Å². The van der Waals surface area contributed by atoms with Crippen LogP contribution < -0.4 is 5.32 Å². The molecular weight excluding hydrogens is 443 g/mol. The Hall–Kier alpha value is -2.82. The van der Waals surface area contributed by atoms with E-state index in [1.165, 1.54) is 0 Å². The Morgan fingerprint density at radius 1 is 1.21 bits per heavy atom. The number of aromatic nitrogens is 3. The third-order valence-electron chi connectivity index (χ3n) is 3.96. The molecule has 0 unspecified atom stereocenters. The van der Waals surface area contributed by atoms with Crippen molar-refractivity contribution in [2.75, 3.05) is 5.32 Å². The summed E-state index contributed by atoms with van der Waals surface area (Å²) in [5.41, 5.74) is -1.19. The Bertz CT molecular complexity index is 1070. The average Bonchev–Trinajstić information content (AvgIpc) is 2.61. The number of benzene rings is 1. The summed E-state index contributed by atoms with van der Waals surface area (Å²) in [7, 11) is 0. The number of aryl methyl sites for hydroxylation is 1. The predicted octanol–water partition coefficient (Wildman–Crippen LogP) is 5.20. The maximum absolute atomic E-state index is 13.1. The van der Waals surface area contributed by atoms with Crippen LogP contribution >= 0.6 is 15.9 Å². The van der Waals surface area contributed by atoms with Gasteiger partial charge in [-0.1, -0.05) is 0 Å². The van der Waals surface area contributed by atoms with Crippen LogP contribution in [0.5, 0.6) is 0 Å². The van der Waals surface area contributed by atoms with Crippen LogP contribution in [0, 0.1) is 17.0 Å². The molecule has 1 N–H and O–H groups in total. The highest BCUT2D eigenvalue weighted by Crippen LogP contribution is 2.35. The fourth-order valence-electron chi connectivity index (χ4n) is 2.65. The summed E-state index contributed by atoms with van der Waals surface area (Å²) in [6, 6.07) is 3.54. The van der Waals surface area contributed by atoms with Crippen molar-refractivity contribution in [3.8, 4) is 0 Å². The number of nitro groups is 1. The second-order valence-corrected chi connectivity index (χ2v) is 6.99. The van der Waals surface area contributed by atoms with E-state index in [0.717, 1.165) is 12.1 Å². The van der Waals surface area contributed by atoms with Crippen molar-refractivity contribution in [2.24, 2.45) is 0 Å². The largest absolute Gasteiger partial charge is 0.416 e.